The molecule has 6 aliphatic rings. The first-order chi connectivity index (χ1) is 18.9. The smallest absolute Gasteiger partial charge is 0.309 e. The average Bonchev–Trinajstić information content (AvgIpc) is 3.55. The van der Waals surface area contributed by atoms with Crippen LogP contribution < -0.4 is 5.32 Å². The van der Waals surface area contributed by atoms with Crippen molar-refractivity contribution >= 4 is 17.6 Å². The molecule has 1 amide bonds. The Labute approximate surface area is 240 Å². The summed E-state index contributed by atoms with van der Waals surface area (Å²) in [7, 11) is 0. The highest BCUT2D eigenvalue weighted by Gasteiger charge is 2.53. The van der Waals surface area contributed by atoms with Crippen molar-refractivity contribution in [2.45, 2.75) is 140 Å². The van der Waals surface area contributed by atoms with E-state index in [-0.39, 0.29) is 28.2 Å². The number of rotatable bonds is 7. The van der Waals surface area contributed by atoms with Crippen LogP contribution in [-0.4, -0.2) is 28.2 Å². The lowest BCUT2D eigenvalue weighted by molar-refractivity contribution is -0.156. The molecule has 7 rings (SSSR count). The molecule has 0 saturated heterocycles. The lowest BCUT2D eigenvalue weighted by Gasteiger charge is -2.51. The summed E-state index contributed by atoms with van der Waals surface area (Å²) in [4.78, 5) is 30.8. The van der Waals surface area contributed by atoms with E-state index in [4.69, 9.17) is 4.99 Å². The monoisotopic (exact) mass is 544 g/mol. The molecule has 5 fully saturated rings. The van der Waals surface area contributed by atoms with E-state index in [1.54, 1.807) is 0 Å². The highest BCUT2D eigenvalue weighted by Crippen LogP contribution is 2.53. The number of carbonyl (C=O) groups excluding carboxylic acids is 1. The van der Waals surface area contributed by atoms with E-state index in [1.165, 1.54) is 61.6 Å². The first kappa shape index (κ1) is 27.7. The van der Waals surface area contributed by atoms with Crippen LogP contribution in [0.3, 0.4) is 0 Å². The number of aliphatic imine (C=N–C) groups is 1. The van der Waals surface area contributed by atoms with Crippen molar-refractivity contribution in [1.29, 1.82) is 0 Å². The number of aliphatic carboxylic acids is 1. The van der Waals surface area contributed by atoms with Gasteiger partial charge in [0.1, 0.15) is 5.70 Å². The Hall–Kier alpha value is -2.43. The molecule has 1 aromatic rings. The SMILES string of the molecule is CC(C)(C)c1cc(C2C=C(C(=O)NC34CCC(C(=O)O)(CC3)CC4)N=C2CC2CCCCC2)cc(C2(C)CC2)c1. The number of hydrogen-bond acceptors (Lipinski definition) is 3. The first-order valence-electron chi connectivity index (χ1n) is 15.9. The van der Waals surface area contributed by atoms with Crippen LogP contribution in [0.2, 0.25) is 0 Å². The minimum Gasteiger partial charge on any atom is -0.481 e. The molecule has 0 aromatic heterocycles. The highest BCUT2D eigenvalue weighted by atomic mass is 16.4. The Morgan fingerprint density at radius 1 is 0.950 bits per heavy atom. The molecule has 5 heteroatoms. The van der Waals surface area contributed by atoms with Crippen LogP contribution >= 0.6 is 0 Å². The van der Waals surface area contributed by atoms with Crippen LogP contribution in [0.1, 0.15) is 140 Å². The van der Waals surface area contributed by atoms with Crippen molar-refractivity contribution < 1.29 is 14.7 Å². The fraction of sp³-hybridized carbons (Fsp3) is 0.686. The number of nitrogens with one attached hydrogen (secondary N) is 1. The molecule has 0 radical (unpaired) electrons. The number of fused-ring (bicyclic) bond motifs is 3. The summed E-state index contributed by atoms with van der Waals surface area (Å²) < 4.78 is 0. The van der Waals surface area contributed by atoms with Gasteiger partial charge >= 0.3 is 5.97 Å². The largest absolute Gasteiger partial charge is 0.481 e. The molecule has 2 N–H and O–H groups in total. The first-order valence-corrected chi connectivity index (χ1v) is 15.9. The number of carbonyl (C=O) groups is 2. The van der Waals surface area contributed by atoms with Gasteiger partial charge in [0, 0.05) is 17.2 Å². The van der Waals surface area contributed by atoms with Gasteiger partial charge in [-0.05, 0) is 97.3 Å². The van der Waals surface area contributed by atoms with Crippen molar-refractivity contribution in [3.05, 3.63) is 46.7 Å². The number of benzene rings is 1. The van der Waals surface area contributed by atoms with Gasteiger partial charge in [0.25, 0.3) is 5.91 Å². The van der Waals surface area contributed by atoms with E-state index in [2.05, 4.69) is 57.3 Å². The Bertz CT molecular complexity index is 1210. The summed E-state index contributed by atoms with van der Waals surface area (Å²) in [5.74, 6) is -0.0468. The maximum Gasteiger partial charge on any atom is 0.309 e. The summed E-state index contributed by atoms with van der Waals surface area (Å²) in [6.07, 6.45) is 16.2. The fourth-order valence-corrected chi connectivity index (χ4v) is 7.88. The Morgan fingerprint density at radius 2 is 1.60 bits per heavy atom. The molecule has 1 aliphatic heterocycles. The quantitative estimate of drug-likeness (QED) is 0.369. The van der Waals surface area contributed by atoms with Crippen LogP contribution in [0.15, 0.2) is 35.0 Å². The second-order valence-electron chi connectivity index (χ2n) is 15.3. The van der Waals surface area contributed by atoms with Crippen LogP contribution in [-0.2, 0) is 20.4 Å². The van der Waals surface area contributed by atoms with Gasteiger partial charge in [-0.2, -0.15) is 0 Å². The minimum atomic E-state index is -0.665. The topological polar surface area (TPSA) is 78.8 Å². The zero-order valence-electron chi connectivity index (χ0n) is 25.1. The predicted octanol–water partition coefficient (Wildman–Crippen LogP) is 7.72. The Kier molecular flexibility index (Phi) is 6.82. The molecule has 5 aliphatic carbocycles. The second-order valence-corrected chi connectivity index (χ2v) is 15.3. The molecule has 5 nitrogen and oxygen atoms in total. The predicted molar refractivity (Wildman–Crippen MR) is 160 cm³/mol. The van der Waals surface area contributed by atoms with Gasteiger partial charge in [0.15, 0.2) is 0 Å². The molecule has 40 heavy (non-hydrogen) atoms. The zero-order chi connectivity index (χ0) is 28.3. The fourth-order valence-electron chi connectivity index (χ4n) is 7.88. The summed E-state index contributed by atoms with van der Waals surface area (Å²) in [6.45, 7) is 9.25. The van der Waals surface area contributed by atoms with Crippen molar-refractivity contribution in [1.82, 2.24) is 5.32 Å². The van der Waals surface area contributed by atoms with Crippen LogP contribution in [0, 0.1) is 11.3 Å². The highest BCUT2D eigenvalue weighted by molar-refractivity contribution is 6.05. The van der Waals surface area contributed by atoms with E-state index in [1.807, 2.05) is 0 Å². The molecule has 0 spiro atoms. The van der Waals surface area contributed by atoms with Crippen LogP contribution in [0.25, 0.3) is 0 Å². The summed E-state index contributed by atoms with van der Waals surface area (Å²) >= 11 is 0. The van der Waals surface area contributed by atoms with E-state index in [9.17, 15) is 14.7 Å². The maximum atomic E-state index is 13.8. The zero-order valence-corrected chi connectivity index (χ0v) is 25.1. The number of amides is 1. The lowest BCUT2D eigenvalue weighted by Crippen LogP contribution is -2.58. The van der Waals surface area contributed by atoms with Gasteiger partial charge in [0.2, 0.25) is 0 Å². The molecule has 1 atom stereocenters. The molecule has 1 heterocycles. The van der Waals surface area contributed by atoms with Gasteiger partial charge in [-0.3, -0.25) is 14.6 Å². The minimum absolute atomic E-state index is 0.0425. The molecule has 2 bridgehead atoms. The molecular weight excluding hydrogens is 496 g/mol. The van der Waals surface area contributed by atoms with Crippen LogP contribution in [0.4, 0.5) is 0 Å². The van der Waals surface area contributed by atoms with E-state index in [0.717, 1.165) is 31.4 Å². The van der Waals surface area contributed by atoms with E-state index < -0.39 is 11.4 Å². The normalized spacial score (nSPS) is 31.4. The molecule has 216 valence electrons. The van der Waals surface area contributed by atoms with Crippen molar-refractivity contribution in [2.24, 2.45) is 16.3 Å². The second kappa shape index (κ2) is 9.84. The molecule has 5 saturated carbocycles. The molecule has 1 aromatic carbocycles. The van der Waals surface area contributed by atoms with Gasteiger partial charge in [-0.25, -0.2) is 0 Å². The third-order valence-electron chi connectivity index (χ3n) is 11.4. The summed E-state index contributed by atoms with van der Waals surface area (Å²) in [5, 5.41) is 13.2. The standard InChI is InChI=1S/C35H48N2O3/c1-32(2,3)25-19-24(20-26(21-25)33(4)10-11-33)27-22-29(36-28(27)18-23-8-6-5-7-9-23)30(38)37-35-15-12-34(13-16-35,14-17-35)31(39)40/h19-23,27H,5-18H2,1-4H3,(H,37,38)(H,39,40). The van der Waals surface area contributed by atoms with E-state index in [0.29, 0.717) is 30.9 Å². The van der Waals surface area contributed by atoms with E-state index >= 15 is 0 Å². The van der Waals surface area contributed by atoms with Crippen molar-refractivity contribution in [3.8, 4) is 0 Å². The lowest BCUT2D eigenvalue weighted by atomic mass is 9.57. The molecule has 1 unspecified atom stereocenters. The number of carboxylic acids is 1. The van der Waals surface area contributed by atoms with Gasteiger partial charge < -0.3 is 10.4 Å². The van der Waals surface area contributed by atoms with Crippen molar-refractivity contribution in [2.75, 3.05) is 0 Å². The van der Waals surface area contributed by atoms with Crippen LogP contribution in [0.5, 0.6) is 0 Å². The van der Waals surface area contributed by atoms with Crippen molar-refractivity contribution in [3.63, 3.8) is 0 Å². The Balaban J connectivity index is 1.30. The number of hydrogen-bond donors (Lipinski definition) is 2. The summed E-state index contributed by atoms with van der Waals surface area (Å²) in [5.41, 5.74) is 5.25. The van der Waals surface area contributed by atoms with Gasteiger partial charge in [-0.15, -0.1) is 0 Å². The third-order valence-corrected chi connectivity index (χ3v) is 11.4. The summed E-state index contributed by atoms with van der Waals surface area (Å²) in [6, 6.07) is 7.20. The average molecular weight is 545 g/mol. The van der Waals surface area contributed by atoms with Gasteiger partial charge in [0.05, 0.1) is 5.41 Å². The number of carboxylic acid groups (broad SMARTS) is 1. The number of nitrogens with zero attached hydrogens (tertiary/aromatic N) is 1. The molecular formula is C35H48N2O3. The number of allylic oxidation sites excluding steroid dienone is 1. The third kappa shape index (κ3) is 5.18. The van der Waals surface area contributed by atoms with Gasteiger partial charge in [-0.1, -0.05) is 78.0 Å². The Morgan fingerprint density at radius 3 is 2.17 bits per heavy atom. The maximum absolute atomic E-state index is 13.8.